The molecule has 0 heterocycles. The molecule has 284 valence electrons. The van der Waals surface area contributed by atoms with E-state index in [-0.39, 0.29) is 25.7 Å². The van der Waals surface area contributed by atoms with E-state index in [0.29, 0.717) is 125 Å². The Bertz CT molecular complexity index is 704. The number of ether oxygens (including phenoxy) is 10. The molecule has 0 aliphatic heterocycles. The molecule has 0 aromatic heterocycles. The number of likely N-dealkylation sites (N-methyl/N-ethyl adjacent to an activating group) is 1. The molecule has 0 fully saturated rings. The highest BCUT2D eigenvalue weighted by molar-refractivity contribution is 5.90. The zero-order valence-electron chi connectivity index (χ0n) is 29.7. The van der Waals surface area contributed by atoms with Crippen LogP contribution in [0.3, 0.4) is 0 Å². The minimum atomic E-state index is -0.782. The van der Waals surface area contributed by atoms with Gasteiger partial charge in [-0.2, -0.15) is 0 Å². The number of amides is 1. The molecule has 2 N–H and O–H groups in total. The summed E-state index contributed by atoms with van der Waals surface area (Å²) in [4.78, 5) is 23.9. The molecule has 0 atom stereocenters. The average Bonchev–Trinajstić information content (AvgIpc) is 3.10. The van der Waals surface area contributed by atoms with Crippen LogP contribution in [-0.4, -0.2) is 188 Å². The van der Waals surface area contributed by atoms with Gasteiger partial charge in [-0.15, -0.1) is 0 Å². The highest BCUT2D eigenvalue weighted by Crippen LogP contribution is 2.09. The summed E-state index contributed by atoms with van der Waals surface area (Å²) >= 11 is 0. The number of unbranched alkanes of at least 4 members (excludes halogenated alkanes) is 3. The predicted molar refractivity (Wildman–Crippen MR) is 179 cm³/mol. The number of aliphatic hydroxyl groups is 1. The third-order valence-corrected chi connectivity index (χ3v) is 6.77. The summed E-state index contributed by atoms with van der Waals surface area (Å²) in [6.45, 7) is 9.14. The van der Waals surface area contributed by atoms with Crippen LogP contribution in [0, 0.1) is 0 Å². The van der Waals surface area contributed by atoms with Gasteiger partial charge < -0.3 is 62.7 Å². The SMILES string of the molecule is COCCOCCOCCOCCOCC(CO)(COCCOCCOCCOCCOC)NCCCCCCN(C)C(=O)/C=C\C=O. The number of carbonyl (C=O) groups excluding carboxylic acids is 2. The zero-order chi connectivity index (χ0) is 35.2. The Morgan fingerprint density at radius 2 is 1.02 bits per heavy atom. The van der Waals surface area contributed by atoms with Crippen molar-refractivity contribution in [3.63, 3.8) is 0 Å². The van der Waals surface area contributed by atoms with Crippen molar-refractivity contribution in [2.45, 2.75) is 31.2 Å². The fraction of sp³-hybridized carbons (Fsp3) is 0.879. The molecule has 0 saturated carbocycles. The van der Waals surface area contributed by atoms with E-state index in [1.54, 1.807) is 26.2 Å². The van der Waals surface area contributed by atoms with Gasteiger partial charge in [-0.25, -0.2) is 0 Å². The molecule has 15 heteroatoms. The third-order valence-electron chi connectivity index (χ3n) is 6.77. The lowest BCUT2D eigenvalue weighted by atomic mass is 10.0. The standard InChI is InChI=1S/C33H64N2O13/c1-35(32(38)9-8-12-36)11-7-5-4-6-10-34-33(29-37,30-47-27-25-45-23-21-43-19-17-41-15-13-39-2)31-48-28-26-46-24-22-44-20-18-42-16-14-40-3/h8-9,12,34,37H,4-7,10-11,13-31H2,1-3H3/b9-8-. The fourth-order valence-electron chi connectivity index (χ4n) is 3.97. The summed E-state index contributed by atoms with van der Waals surface area (Å²) in [5.74, 6) is -0.187. The number of aldehydes is 1. The Kier molecular flexibility index (Phi) is 35.5. The van der Waals surface area contributed by atoms with Gasteiger partial charge in [0.15, 0.2) is 0 Å². The van der Waals surface area contributed by atoms with Crippen molar-refractivity contribution in [2.24, 2.45) is 0 Å². The Morgan fingerprint density at radius 3 is 1.42 bits per heavy atom. The number of aliphatic hydroxyl groups excluding tert-OH is 1. The summed E-state index contributed by atoms with van der Waals surface area (Å²) < 4.78 is 54.4. The molecule has 1 amide bonds. The van der Waals surface area contributed by atoms with Gasteiger partial charge in [0.05, 0.1) is 131 Å². The summed E-state index contributed by atoms with van der Waals surface area (Å²) in [6.07, 6.45) is 6.69. The first-order valence-electron chi connectivity index (χ1n) is 16.9. The summed E-state index contributed by atoms with van der Waals surface area (Å²) in [6, 6.07) is 0. The molecular weight excluding hydrogens is 632 g/mol. The van der Waals surface area contributed by atoms with Crippen LogP contribution in [0.5, 0.6) is 0 Å². The number of allylic oxidation sites excluding steroid dienone is 1. The molecular formula is C33H64N2O13. The van der Waals surface area contributed by atoms with Crippen molar-refractivity contribution in [3.8, 4) is 0 Å². The molecule has 0 saturated heterocycles. The number of methoxy groups -OCH3 is 2. The minimum Gasteiger partial charge on any atom is -0.394 e. The number of nitrogens with one attached hydrogen (secondary N) is 1. The summed E-state index contributed by atoms with van der Waals surface area (Å²) in [5.41, 5.74) is -0.782. The van der Waals surface area contributed by atoms with Crippen LogP contribution >= 0.6 is 0 Å². The highest BCUT2D eigenvalue weighted by Gasteiger charge is 2.29. The van der Waals surface area contributed by atoms with Crippen molar-refractivity contribution in [3.05, 3.63) is 12.2 Å². The van der Waals surface area contributed by atoms with Crippen molar-refractivity contribution < 1.29 is 62.1 Å². The van der Waals surface area contributed by atoms with E-state index in [4.69, 9.17) is 47.4 Å². The van der Waals surface area contributed by atoms with Gasteiger partial charge in [-0.3, -0.25) is 9.59 Å². The summed E-state index contributed by atoms with van der Waals surface area (Å²) in [5, 5.41) is 13.8. The molecule has 0 bridgehead atoms. The number of hydrogen-bond acceptors (Lipinski definition) is 14. The second kappa shape index (κ2) is 36.7. The van der Waals surface area contributed by atoms with E-state index in [0.717, 1.165) is 25.7 Å². The van der Waals surface area contributed by atoms with E-state index in [9.17, 15) is 14.7 Å². The molecule has 0 aliphatic carbocycles. The third kappa shape index (κ3) is 30.5. The maximum atomic E-state index is 11.9. The van der Waals surface area contributed by atoms with Gasteiger partial charge in [0.25, 0.3) is 0 Å². The van der Waals surface area contributed by atoms with Crippen LogP contribution in [0.15, 0.2) is 12.2 Å². The summed E-state index contributed by atoms with van der Waals surface area (Å²) in [7, 11) is 4.98. The molecule has 48 heavy (non-hydrogen) atoms. The van der Waals surface area contributed by atoms with Crippen molar-refractivity contribution in [2.75, 3.05) is 160 Å². The predicted octanol–water partition coefficient (Wildman–Crippen LogP) is 0.507. The monoisotopic (exact) mass is 696 g/mol. The highest BCUT2D eigenvalue weighted by atomic mass is 16.6. The number of rotatable bonds is 39. The number of carbonyl (C=O) groups is 2. The van der Waals surface area contributed by atoms with Gasteiger partial charge in [0.1, 0.15) is 6.29 Å². The first-order valence-corrected chi connectivity index (χ1v) is 16.9. The lowest BCUT2D eigenvalue weighted by Crippen LogP contribution is -2.56. The smallest absolute Gasteiger partial charge is 0.246 e. The second-order valence-electron chi connectivity index (χ2n) is 10.8. The van der Waals surface area contributed by atoms with Crippen LogP contribution in [0.25, 0.3) is 0 Å². The molecule has 15 nitrogen and oxygen atoms in total. The Labute approximate surface area is 287 Å². The molecule has 0 unspecified atom stereocenters. The van der Waals surface area contributed by atoms with Gasteiger partial charge in [0, 0.05) is 33.9 Å². The van der Waals surface area contributed by atoms with Gasteiger partial charge in [-0.05, 0) is 25.5 Å². The molecule has 0 radical (unpaired) electrons. The van der Waals surface area contributed by atoms with Crippen LogP contribution in [0.2, 0.25) is 0 Å². The van der Waals surface area contributed by atoms with Crippen molar-refractivity contribution >= 4 is 12.2 Å². The molecule has 0 aromatic rings. The quantitative estimate of drug-likeness (QED) is 0.0520. The minimum absolute atomic E-state index is 0.170. The average molecular weight is 697 g/mol. The lowest BCUT2D eigenvalue weighted by molar-refractivity contribution is -0.125. The van der Waals surface area contributed by atoms with E-state index in [1.807, 2.05) is 0 Å². The molecule has 0 rings (SSSR count). The van der Waals surface area contributed by atoms with Crippen LogP contribution in [0.1, 0.15) is 25.7 Å². The molecule has 0 spiro atoms. The number of hydrogen-bond donors (Lipinski definition) is 2. The molecule has 0 aliphatic rings. The van der Waals surface area contributed by atoms with Crippen LogP contribution in [0.4, 0.5) is 0 Å². The second-order valence-corrected chi connectivity index (χ2v) is 10.8. The van der Waals surface area contributed by atoms with E-state index in [1.165, 1.54) is 12.2 Å². The topological polar surface area (TPSA) is 162 Å². The first-order chi connectivity index (χ1) is 23.5. The van der Waals surface area contributed by atoms with Gasteiger partial charge in [-0.1, -0.05) is 12.8 Å². The largest absolute Gasteiger partial charge is 0.394 e. The maximum Gasteiger partial charge on any atom is 0.246 e. The Balaban J connectivity index is 4.36. The lowest BCUT2D eigenvalue weighted by Gasteiger charge is -2.33. The molecule has 0 aromatic carbocycles. The Hall–Kier alpha value is -1.60. The van der Waals surface area contributed by atoms with Gasteiger partial charge >= 0.3 is 0 Å². The van der Waals surface area contributed by atoms with Crippen LogP contribution in [-0.2, 0) is 57.0 Å². The van der Waals surface area contributed by atoms with Crippen LogP contribution < -0.4 is 5.32 Å². The maximum absolute atomic E-state index is 11.9. The number of nitrogens with zero attached hydrogens (tertiary/aromatic N) is 1. The van der Waals surface area contributed by atoms with Gasteiger partial charge in [0.2, 0.25) is 5.91 Å². The van der Waals surface area contributed by atoms with E-state index < -0.39 is 5.54 Å². The van der Waals surface area contributed by atoms with Crippen molar-refractivity contribution in [1.82, 2.24) is 10.2 Å². The normalized spacial score (nSPS) is 11.9. The first kappa shape index (κ1) is 46.4. The van der Waals surface area contributed by atoms with Crippen molar-refractivity contribution in [1.29, 1.82) is 0 Å². The van der Waals surface area contributed by atoms with E-state index >= 15 is 0 Å². The Morgan fingerprint density at radius 1 is 0.625 bits per heavy atom. The zero-order valence-corrected chi connectivity index (χ0v) is 29.7. The van der Waals surface area contributed by atoms with E-state index in [2.05, 4.69) is 5.32 Å². The fourth-order valence-corrected chi connectivity index (χ4v) is 3.97.